The first kappa shape index (κ1) is 36.9. The molecular formula is C36H47N3O8S. The Morgan fingerprint density at radius 1 is 1.06 bits per heavy atom. The molecule has 0 fully saturated rings. The van der Waals surface area contributed by atoms with Crippen LogP contribution < -0.4 is 9.46 Å². The van der Waals surface area contributed by atoms with Gasteiger partial charge in [0.1, 0.15) is 5.75 Å². The molecule has 1 aliphatic rings. The van der Waals surface area contributed by atoms with E-state index in [1.54, 1.807) is 66.4 Å². The van der Waals surface area contributed by atoms with Gasteiger partial charge in [0.05, 0.1) is 40.9 Å². The molecule has 4 rings (SSSR count). The molecule has 3 aromatic carbocycles. The molecule has 3 N–H and O–H groups in total. The van der Waals surface area contributed by atoms with Crippen LogP contribution in [0.5, 0.6) is 5.75 Å². The van der Waals surface area contributed by atoms with E-state index in [0.717, 1.165) is 24.8 Å². The number of nitrogens with zero attached hydrogens (tertiary/aromatic N) is 2. The molecule has 0 aromatic heterocycles. The molecule has 11 nitrogen and oxygen atoms in total. The van der Waals surface area contributed by atoms with Crippen molar-refractivity contribution in [2.45, 2.75) is 69.7 Å². The summed E-state index contributed by atoms with van der Waals surface area (Å²) in [5, 5.41) is 19.5. The van der Waals surface area contributed by atoms with Crippen LogP contribution in [-0.4, -0.2) is 91.9 Å². The Bertz CT molecular complexity index is 1620. The minimum Gasteiger partial charge on any atom is -0.490 e. The van der Waals surface area contributed by atoms with Crippen LogP contribution in [-0.2, 0) is 21.3 Å². The number of sulfonamides is 1. The molecule has 1 heterocycles. The summed E-state index contributed by atoms with van der Waals surface area (Å²) in [6.07, 6.45) is 1.92. The molecule has 0 saturated carbocycles. The number of ether oxygens (including phenoxy) is 2. The van der Waals surface area contributed by atoms with E-state index in [1.807, 2.05) is 20.9 Å². The number of likely N-dealkylation sites (N-methyl/N-ethyl adjacent to an activating group) is 1. The quantitative estimate of drug-likeness (QED) is 0.266. The molecule has 1 amide bonds. The van der Waals surface area contributed by atoms with Gasteiger partial charge in [-0.2, -0.15) is 0 Å². The Labute approximate surface area is 283 Å². The number of hydrogen-bond acceptors (Lipinski definition) is 8. The van der Waals surface area contributed by atoms with Crippen LogP contribution in [0, 0.1) is 5.92 Å². The van der Waals surface area contributed by atoms with Crippen molar-refractivity contribution >= 4 is 27.6 Å². The van der Waals surface area contributed by atoms with Gasteiger partial charge in [0.15, 0.2) is 0 Å². The Hall–Kier alpha value is -3.97. The van der Waals surface area contributed by atoms with E-state index < -0.39 is 27.9 Å². The molecule has 0 bridgehead atoms. The lowest BCUT2D eigenvalue weighted by molar-refractivity contribution is -0.0177. The third-order valence-corrected chi connectivity index (χ3v) is 9.90. The molecule has 1 aliphatic heterocycles. The van der Waals surface area contributed by atoms with Crippen LogP contribution in [0.3, 0.4) is 0 Å². The molecule has 4 atom stereocenters. The summed E-state index contributed by atoms with van der Waals surface area (Å²) in [6, 6.07) is 18.9. The highest BCUT2D eigenvalue weighted by atomic mass is 32.2. The van der Waals surface area contributed by atoms with Gasteiger partial charge >= 0.3 is 5.97 Å². The number of carbonyl (C=O) groups excluding carboxylic acids is 1. The number of fused-ring (bicyclic) bond motifs is 1. The number of anilines is 1. The number of nitrogens with one attached hydrogen (secondary N) is 1. The van der Waals surface area contributed by atoms with Gasteiger partial charge in [-0.25, -0.2) is 13.2 Å². The number of amides is 1. The van der Waals surface area contributed by atoms with Gasteiger partial charge in [0, 0.05) is 37.8 Å². The number of rotatable bonds is 10. The van der Waals surface area contributed by atoms with Crippen molar-refractivity contribution in [3.63, 3.8) is 0 Å². The van der Waals surface area contributed by atoms with Crippen LogP contribution in [0.15, 0.2) is 77.7 Å². The van der Waals surface area contributed by atoms with Crippen LogP contribution in [0.1, 0.15) is 66.3 Å². The predicted octanol–water partition coefficient (Wildman–Crippen LogP) is 5.11. The van der Waals surface area contributed by atoms with Crippen LogP contribution in [0.4, 0.5) is 5.69 Å². The molecule has 12 heteroatoms. The van der Waals surface area contributed by atoms with Gasteiger partial charge in [-0.3, -0.25) is 14.4 Å². The largest absolute Gasteiger partial charge is 0.490 e. The zero-order valence-electron chi connectivity index (χ0n) is 28.0. The predicted molar refractivity (Wildman–Crippen MR) is 184 cm³/mol. The molecule has 0 aliphatic carbocycles. The van der Waals surface area contributed by atoms with Gasteiger partial charge in [-0.1, -0.05) is 37.3 Å². The average molecular weight is 682 g/mol. The molecule has 0 radical (unpaired) electrons. The Kier molecular flexibility index (Phi) is 13.0. The molecule has 260 valence electrons. The zero-order chi connectivity index (χ0) is 34.8. The zero-order valence-corrected chi connectivity index (χ0v) is 28.9. The number of aliphatic hydroxyl groups is 1. The van der Waals surface area contributed by atoms with Crippen LogP contribution in [0.25, 0.3) is 0 Å². The number of aliphatic hydroxyl groups excluding tert-OH is 1. The molecule has 0 unspecified atom stereocenters. The second kappa shape index (κ2) is 16.9. The summed E-state index contributed by atoms with van der Waals surface area (Å²) in [5.74, 6) is -1.17. The minimum atomic E-state index is -3.91. The number of carbonyl (C=O) groups is 2. The molecule has 0 spiro atoms. The molecule has 3 aromatic rings. The van der Waals surface area contributed by atoms with E-state index in [9.17, 15) is 28.2 Å². The minimum absolute atomic E-state index is 0.0962. The highest BCUT2D eigenvalue weighted by Gasteiger charge is 2.30. The van der Waals surface area contributed by atoms with Crippen LogP contribution in [0.2, 0.25) is 0 Å². The normalized spacial score (nSPS) is 20.3. The second-order valence-electron chi connectivity index (χ2n) is 12.6. The number of aromatic carboxylic acids is 1. The standard InChI is InChI=1S/C36H47N3O8S/c1-25-21-39(26(2)24-40)35(41)32-20-30(37-48(44,45)31-11-6-5-7-12-31)17-18-33(32)47-27(3)10-8-9-19-46-34(25)23-38(4)22-28-13-15-29(16-14-28)36(42)43/h5-7,11-18,20,25-27,34,37,40H,8-10,19,21-24H2,1-4H3,(H,42,43)/t25-,26-,27-,34-/m1/s1. The first-order chi connectivity index (χ1) is 22.9. The fourth-order valence-corrected chi connectivity index (χ4v) is 6.77. The number of benzene rings is 3. The first-order valence-corrected chi connectivity index (χ1v) is 17.8. The topological polar surface area (TPSA) is 146 Å². The van der Waals surface area contributed by atoms with E-state index >= 15 is 0 Å². The maximum Gasteiger partial charge on any atom is 0.335 e. The maximum atomic E-state index is 14.4. The summed E-state index contributed by atoms with van der Waals surface area (Å²) >= 11 is 0. The fourth-order valence-electron chi connectivity index (χ4n) is 5.70. The van der Waals surface area contributed by atoms with E-state index in [4.69, 9.17) is 9.47 Å². The lowest BCUT2D eigenvalue weighted by Gasteiger charge is -2.36. The second-order valence-corrected chi connectivity index (χ2v) is 14.3. The summed E-state index contributed by atoms with van der Waals surface area (Å²) in [7, 11) is -1.94. The van der Waals surface area contributed by atoms with Crippen molar-refractivity contribution in [1.82, 2.24) is 9.80 Å². The Morgan fingerprint density at radius 3 is 2.44 bits per heavy atom. The lowest BCUT2D eigenvalue weighted by atomic mass is 10.0. The van der Waals surface area contributed by atoms with Crippen molar-refractivity contribution < 1.29 is 37.7 Å². The average Bonchev–Trinajstić information content (AvgIpc) is 3.06. The monoisotopic (exact) mass is 681 g/mol. The van der Waals surface area contributed by atoms with Crippen molar-refractivity contribution in [2.75, 3.05) is 38.1 Å². The highest BCUT2D eigenvalue weighted by Crippen LogP contribution is 2.29. The van der Waals surface area contributed by atoms with Gasteiger partial charge in [0.2, 0.25) is 0 Å². The van der Waals surface area contributed by atoms with Crippen molar-refractivity contribution in [2.24, 2.45) is 5.92 Å². The SMILES string of the molecule is C[C@@H]1CCCCO[C@H](CN(C)Cc2ccc(C(=O)O)cc2)[C@H](C)CN([C@H](C)CO)C(=O)c2cc(NS(=O)(=O)c3ccccc3)ccc2O1. The fraction of sp³-hybridized carbons (Fsp3) is 0.444. The third-order valence-electron chi connectivity index (χ3n) is 8.50. The van der Waals surface area contributed by atoms with Crippen molar-refractivity contribution in [3.05, 3.63) is 89.5 Å². The third kappa shape index (κ3) is 10.0. The van der Waals surface area contributed by atoms with E-state index in [-0.39, 0.29) is 53.0 Å². The summed E-state index contributed by atoms with van der Waals surface area (Å²) in [4.78, 5) is 29.4. The Morgan fingerprint density at radius 2 is 1.77 bits per heavy atom. The number of carboxylic acid groups (broad SMARTS) is 1. The van der Waals surface area contributed by atoms with Crippen molar-refractivity contribution in [1.29, 1.82) is 0 Å². The van der Waals surface area contributed by atoms with Crippen LogP contribution >= 0.6 is 0 Å². The van der Waals surface area contributed by atoms with Gasteiger partial charge in [-0.05, 0) is 88.2 Å². The maximum absolute atomic E-state index is 14.4. The molecule has 0 saturated heterocycles. The van der Waals surface area contributed by atoms with Gasteiger partial charge in [-0.15, -0.1) is 0 Å². The lowest BCUT2D eigenvalue weighted by Crippen LogP contribution is -2.47. The number of carboxylic acids is 1. The van der Waals surface area contributed by atoms with E-state index in [2.05, 4.69) is 9.62 Å². The van der Waals surface area contributed by atoms with E-state index in [1.165, 1.54) is 18.2 Å². The molecular weight excluding hydrogens is 634 g/mol. The Balaban J connectivity index is 1.61. The van der Waals surface area contributed by atoms with Gasteiger partial charge in [0.25, 0.3) is 15.9 Å². The summed E-state index contributed by atoms with van der Waals surface area (Å²) in [5.41, 5.74) is 1.60. The first-order valence-electron chi connectivity index (χ1n) is 16.3. The van der Waals surface area contributed by atoms with E-state index in [0.29, 0.717) is 25.4 Å². The summed E-state index contributed by atoms with van der Waals surface area (Å²) < 4.78 is 41.5. The highest BCUT2D eigenvalue weighted by molar-refractivity contribution is 7.92. The van der Waals surface area contributed by atoms with Gasteiger partial charge < -0.3 is 24.6 Å². The number of hydrogen-bond donors (Lipinski definition) is 3. The molecule has 48 heavy (non-hydrogen) atoms. The smallest absolute Gasteiger partial charge is 0.335 e. The summed E-state index contributed by atoms with van der Waals surface area (Å²) in [6.45, 7) is 7.37. The van der Waals surface area contributed by atoms with Crippen molar-refractivity contribution in [3.8, 4) is 5.75 Å².